The molecule has 0 saturated carbocycles. The number of anilines is 1. The van der Waals surface area contributed by atoms with Gasteiger partial charge < -0.3 is 14.6 Å². The van der Waals surface area contributed by atoms with Gasteiger partial charge in [-0.15, -0.1) is 11.3 Å². The Labute approximate surface area is 150 Å². The fraction of sp³-hybridized carbons (Fsp3) is 0.389. The zero-order valence-corrected chi connectivity index (χ0v) is 15.4. The van der Waals surface area contributed by atoms with E-state index in [1.54, 1.807) is 30.4 Å². The normalized spacial score (nSPS) is 12.3. The second-order valence-corrected chi connectivity index (χ2v) is 6.98. The quantitative estimate of drug-likeness (QED) is 0.564. The van der Waals surface area contributed by atoms with Crippen LogP contribution in [-0.4, -0.2) is 23.1 Å². The molecule has 0 aliphatic carbocycles. The monoisotopic (exact) mass is 362 g/mol. The molecule has 2 rings (SSSR count). The third kappa shape index (κ3) is 6.19. The summed E-state index contributed by atoms with van der Waals surface area (Å²) in [5.74, 6) is -0.0506. The zero-order valence-electron chi connectivity index (χ0n) is 14.6. The number of unbranched alkanes of at least 4 members (excludes halogenated alkanes) is 1. The van der Waals surface area contributed by atoms with Gasteiger partial charge in [-0.2, -0.15) is 0 Å². The summed E-state index contributed by atoms with van der Waals surface area (Å²) in [4.78, 5) is 26.5. The van der Waals surface area contributed by atoms with Gasteiger partial charge in [0.2, 0.25) is 0 Å². The lowest BCUT2D eigenvalue weighted by Gasteiger charge is -2.15. The summed E-state index contributed by atoms with van der Waals surface area (Å²) in [7, 11) is 0. The van der Waals surface area contributed by atoms with Crippen molar-refractivity contribution in [2.24, 2.45) is 0 Å². The fourth-order valence-corrected chi connectivity index (χ4v) is 2.92. The van der Waals surface area contributed by atoms with Crippen LogP contribution < -0.4 is 5.32 Å². The van der Waals surface area contributed by atoms with Crippen LogP contribution in [0.2, 0.25) is 0 Å². The fourth-order valence-electron chi connectivity index (χ4n) is 2.14. The molecule has 0 saturated heterocycles. The number of ether oxygens (including phenoxy) is 1. The van der Waals surface area contributed by atoms with Gasteiger partial charge in [0.15, 0.2) is 11.9 Å². The molecule has 25 heavy (non-hydrogen) atoms. The van der Waals surface area contributed by atoms with E-state index in [0.29, 0.717) is 18.0 Å². The van der Waals surface area contributed by atoms with Crippen LogP contribution in [0.25, 0.3) is 6.08 Å². The van der Waals surface area contributed by atoms with Crippen molar-refractivity contribution in [1.82, 2.24) is 5.16 Å². The van der Waals surface area contributed by atoms with Crippen LogP contribution >= 0.6 is 11.3 Å². The van der Waals surface area contributed by atoms with Gasteiger partial charge in [-0.1, -0.05) is 18.5 Å². The third-order valence-corrected chi connectivity index (χ3v) is 4.36. The Morgan fingerprint density at radius 2 is 2.20 bits per heavy atom. The molecule has 0 aromatic carbocycles. The van der Waals surface area contributed by atoms with Crippen LogP contribution in [0.4, 0.5) is 5.82 Å². The lowest BCUT2D eigenvalue weighted by Crippen LogP contribution is -2.32. The van der Waals surface area contributed by atoms with E-state index in [2.05, 4.69) is 10.5 Å². The lowest BCUT2D eigenvalue weighted by atomic mass is 10.1. The van der Waals surface area contributed by atoms with E-state index in [0.717, 1.165) is 22.6 Å². The number of hydrogen-bond donors (Lipinski definition) is 1. The number of rotatable bonds is 8. The second kappa shape index (κ2) is 9.17. The van der Waals surface area contributed by atoms with Crippen LogP contribution in [0.3, 0.4) is 0 Å². The number of thiophene rings is 1. The van der Waals surface area contributed by atoms with Crippen molar-refractivity contribution < 1.29 is 18.8 Å². The van der Waals surface area contributed by atoms with Gasteiger partial charge >= 0.3 is 5.97 Å². The van der Waals surface area contributed by atoms with Crippen LogP contribution in [0.15, 0.2) is 28.8 Å². The van der Waals surface area contributed by atoms with Gasteiger partial charge in [0, 0.05) is 21.9 Å². The Hall–Kier alpha value is -2.41. The van der Waals surface area contributed by atoms with Crippen LogP contribution in [0, 0.1) is 13.8 Å². The van der Waals surface area contributed by atoms with Gasteiger partial charge in [0.05, 0.1) is 0 Å². The highest BCUT2D eigenvalue weighted by Crippen LogP contribution is 2.17. The predicted molar refractivity (Wildman–Crippen MR) is 97.4 cm³/mol. The van der Waals surface area contributed by atoms with Crippen molar-refractivity contribution in [2.75, 3.05) is 5.32 Å². The summed E-state index contributed by atoms with van der Waals surface area (Å²) in [6, 6.07) is 5.51. The lowest BCUT2D eigenvalue weighted by molar-refractivity contribution is -0.149. The molecule has 0 spiro atoms. The third-order valence-electron chi connectivity index (χ3n) is 3.39. The molecule has 6 nitrogen and oxygen atoms in total. The number of esters is 1. The minimum absolute atomic E-state index is 0.310. The number of amides is 1. The summed E-state index contributed by atoms with van der Waals surface area (Å²) in [6.07, 6.45) is 4.30. The standard InChI is InChI=1S/C18H22N2O4S/c1-4-5-6-15(18(22)19-16-11-12(2)24-20-16)23-17(21)10-9-14-8-7-13(3)25-14/h7-11,15H,4-6H2,1-3H3,(H,19,20,22)/b10-9+. The Balaban J connectivity index is 1.96. The Morgan fingerprint density at radius 3 is 2.80 bits per heavy atom. The van der Waals surface area contributed by atoms with E-state index in [4.69, 9.17) is 9.26 Å². The number of hydrogen-bond acceptors (Lipinski definition) is 6. The van der Waals surface area contributed by atoms with Crippen molar-refractivity contribution in [2.45, 2.75) is 46.1 Å². The maximum absolute atomic E-state index is 12.3. The zero-order chi connectivity index (χ0) is 18.2. The number of nitrogens with one attached hydrogen (secondary N) is 1. The first-order valence-corrected chi connectivity index (χ1v) is 8.99. The highest BCUT2D eigenvalue weighted by Gasteiger charge is 2.22. The summed E-state index contributed by atoms with van der Waals surface area (Å²) in [5, 5.41) is 6.33. The summed E-state index contributed by atoms with van der Waals surface area (Å²) < 4.78 is 10.2. The molecule has 1 amide bonds. The molecule has 1 N–H and O–H groups in total. The SMILES string of the molecule is CCCCC(OC(=O)/C=C/c1ccc(C)s1)C(=O)Nc1cc(C)on1. The first-order valence-electron chi connectivity index (χ1n) is 8.17. The van der Waals surface area contributed by atoms with Crippen molar-refractivity contribution in [3.8, 4) is 0 Å². The van der Waals surface area contributed by atoms with Crippen molar-refractivity contribution >= 4 is 35.1 Å². The molecular weight excluding hydrogens is 340 g/mol. The Morgan fingerprint density at radius 1 is 1.40 bits per heavy atom. The maximum Gasteiger partial charge on any atom is 0.331 e. The van der Waals surface area contributed by atoms with Crippen molar-refractivity contribution in [3.63, 3.8) is 0 Å². The first kappa shape index (κ1) is 18.9. The van der Waals surface area contributed by atoms with Gasteiger partial charge in [-0.05, 0) is 44.9 Å². The maximum atomic E-state index is 12.3. The average Bonchev–Trinajstić information content (AvgIpc) is 3.17. The highest BCUT2D eigenvalue weighted by atomic mass is 32.1. The van der Waals surface area contributed by atoms with Crippen molar-refractivity contribution in [3.05, 3.63) is 39.8 Å². The number of carbonyl (C=O) groups is 2. The van der Waals surface area contributed by atoms with E-state index < -0.39 is 18.0 Å². The molecule has 0 radical (unpaired) electrons. The summed E-state index contributed by atoms with van der Waals surface area (Å²) in [6.45, 7) is 5.74. The van der Waals surface area contributed by atoms with Crippen LogP contribution in [0.1, 0.15) is 41.7 Å². The largest absolute Gasteiger partial charge is 0.449 e. The summed E-state index contributed by atoms with van der Waals surface area (Å²) in [5.41, 5.74) is 0. The molecule has 1 atom stereocenters. The molecule has 2 heterocycles. The number of aromatic nitrogens is 1. The Kier molecular flexibility index (Phi) is 6.94. The average molecular weight is 362 g/mol. The van der Waals surface area contributed by atoms with Gasteiger partial charge in [-0.3, -0.25) is 4.79 Å². The van der Waals surface area contributed by atoms with Gasteiger partial charge in [0.25, 0.3) is 5.91 Å². The molecule has 0 bridgehead atoms. The minimum atomic E-state index is -0.862. The van der Waals surface area contributed by atoms with E-state index in [-0.39, 0.29) is 0 Å². The predicted octanol–water partition coefficient (Wildman–Crippen LogP) is 4.11. The van der Waals surface area contributed by atoms with Gasteiger partial charge in [0.1, 0.15) is 5.76 Å². The molecule has 2 aromatic rings. The highest BCUT2D eigenvalue weighted by molar-refractivity contribution is 7.12. The minimum Gasteiger partial charge on any atom is -0.449 e. The molecule has 2 aromatic heterocycles. The van der Waals surface area contributed by atoms with Crippen LogP contribution in [0.5, 0.6) is 0 Å². The van der Waals surface area contributed by atoms with E-state index in [1.807, 2.05) is 26.0 Å². The van der Waals surface area contributed by atoms with Crippen molar-refractivity contribution in [1.29, 1.82) is 0 Å². The van der Waals surface area contributed by atoms with Crippen LogP contribution in [-0.2, 0) is 14.3 Å². The molecule has 0 aliphatic heterocycles. The summed E-state index contributed by atoms with van der Waals surface area (Å²) >= 11 is 1.58. The van der Waals surface area contributed by atoms with E-state index >= 15 is 0 Å². The number of aryl methyl sites for hydroxylation is 2. The molecule has 1 unspecified atom stereocenters. The molecule has 0 aliphatic rings. The second-order valence-electron chi connectivity index (χ2n) is 5.66. The first-order chi connectivity index (χ1) is 12.0. The molecule has 134 valence electrons. The number of carbonyl (C=O) groups excluding carboxylic acids is 2. The molecule has 0 fully saturated rings. The van der Waals surface area contributed by atoms with E-state index in [9.17, 15) is 9.59 Å². The molecular formula is C18H22N2O4S. The Bertz CT molecular complexity index is 748. The van der Waals surface area contributed by atoms with Gasteiger partial charge in [-0.25, -0.2) is 4.79 Å². The number of nitrogens with zero attached hydrogens (tertiary/aromatic N) is 1. The van der Waals surface area contributed by atoms with E-state index in [1.165, 1.54) is 6.08 Å². The smallest absolute Gasteiger partial charge is 0.331 e. The topological polar surface area (TPSA) is 81.4 Å². The molecule has 7 heteroatoms.